The summed E-state index contributed by atoms with van der Waals surface area (Å²) in [7, 11) is 0. The second kappa shape index (κ2) is 4.93. The second-order valence-electron chi connectivity index (χ2n) is 5.12. The van der Waals surface area contributed by atoms with Crippen LogP contribution >= 0.6 is 0 Å². The Hall–Kier alpha value is -2.42. The maximum atomic E-state index is 12.6. The summed E-state index contributed by atoms with van der Waals surface area (Å²) in [5.74, 6) is -0.285. The highest BCUT2D eigenvalue weighted by Gasteiger charge is 2.20. The minimum Gasteiger partial charge on any atom is -0.369 e. The topological polar surface area (TPSA) is 60.2 Å². The highest BCUT2D eigenvalue weighted by molar-refractivity contribution is 6.11. The van der Waals surface area contributed by atoms with Gasteiger partial charge in [-0.1, -0.05) is 42.5 Å². The van der Waals surface area contributed by atoms with Gasteiger partial charge in [-0.3, -0.25) is 9.59 Å². The molecule has 0 heterocycles. The zero-order valence-electron chi connectivity index (χ0n) is 11.1. The average Bonchev–Trinajstić information content (AvgIpc) is 2.57. The average molecular weight is 265 g/mol. The Morgan fingerprint density at radius 2 is 1.70 bits per heavy atom. The lowest BCUT2D eigenvalue weighted by Crippen LogP contribution is -2.14. The van der Waals surface area contributed by atoms with Gasteiger partial charge in [0.05, 0.1) is 6.42 Å². The molecule has 0 aliphatic heterocycles. The van der Waals surface area contributed by atoms with Crippen LogP contribution in [0.15, 0.2) is 42.5 Å². The van der Waals surface area contributed by atoms with E-state index in [9.17, 15) is 9.59 Å². The molecule has 1 aliphatic rings. The van der Waals surface area contributed by atoms with E-state index >= 15 is 0 Å². The van der Waals surface area contributed by atoms with Gasteiger partial charge < -0.3 is 5.73 Å². The summed E-state index contributed by atoms with van der Waals surface area (Å²) in [6, 6.07) is 13.3. The summed E-state index contributed by atoms with van der Waals surface area (Å²) in [6.45, 7) is 0. The summed E-state index contributed by atoms with van der Waals surface area (Å²) < 4.78 is 0. The summed E-state index contributed by atoms with van der Waals surface area (Å²) in [4.78, 5) is 23.6. The van der Waals surface area contributed by atoms with Crippen LogP contribution in [0, 0.1) is 0 Å². The number of primary amides is 1. The van der Waals surface area contributed by atoms with Gasteiger partial charge >= 0.3 is 0 Å². The fraction of sp³-hybridized carbons (Fsp3) is 0.176. The van der Waals surface area contributed by atoms with Crippen LogP contribution in [-0.2, 0) is 24.1 Å². The van der Waals surface area contributed by atoms with Gasteiger partial charge in [-0.15, -0.1) is 0 Å². The van der Waals surface area contributed by atoms with Crippen LogP contribution in [0.3, 0.4) is 0 Å². The Morgan fingerprint density at radius 3 is 2.50 bits per heavy atom. The molecule has 0 bridgehead atoms. The van der Waals surface area contributed by atoms with Gasteiger partial charge in [0.15, 0.2) is 5.78 Å². The molecular weight excluding hydrogens is 250 g/mol. The lowest BCUT2D eigenvalue weighted by atomic mass is 9.96. The molecule has 2 aromatic rings. The molecule has 100 valence electrons. The summed E-state index contributed by atoms with van der Waals surface area (Å²) >= 11 is 0. The number of carbonyl (C=O) groups is 2. The number of aryl methyl sites for hydroxylation is 2. The minimum absolute atomic E-state index is 0.0683. The van der Waals surface area contributed by atoms with E-state index in [0.717, 1.165) is 40.7 Å². The first kappa shape index (κ1) is 12.6. The SMILES string of the molecule is NC(=O)Cc1ccc2c(c1)CCc1ccccc1C2=O. The van der Waals surface area contributed by atoms with Gasteiger partial charge in [0, 0.05) is 11.1 Å². The van der Waals surface area contributed by atoms with E-state index < -0.39 is 0 Å². The van der Waals surface area contributed by atoms with Crippen LogP contribution in [0.25, 0.3) is 0 Å². The van der Waals surface area contributed by atoms with Crippen molar-refractivity contribution in [1.29, 1.82) is 0 Å². The van der Waals surface area contributed by atoms with Crippen LogP contribution in [0.5, 0.6) is 0 Å². The van der Waals surface area contributed by atoms with Gasteiger partial charge in [0.25, 0.3) is 0 Å². The lowest BCUT2D eigenvalue weighted by molar-refractivity contribution is -0.117. The molecule has 0 radical (unpaired) electrons. The summed E-state index contributed by atoms with van der Waals surface area (Å²) in [6.07, 6.45) is 1.87. The fourth-order valence-electron chi connectivity index (χ4n) is 2.76. The molecule has 0 spiro atoms. The standard InChI is InChI=1S/C17H15NO2/c18-16(19)10-11-5-8-15-13(9-11)7-6-12-3-1-2-4-14(12)17(15)20/h1-5,8-9H,6-7,10H2,(H2,18,19). The van der Waals surface area contributed by atoms with Crippen molar-refractivity contribution in [2.75, 3.05) is 0 Å². The third kappa shape index (κ3) is 2.23. The molecule has 3 heteroatoms. The van der Waals surface area contributed by atoms with Crippen LogP contribution in [-0.4, -0.2) is 11.7 Å². The first-order chi connectivity index (χ1) is 9.65. The fourth-order valence-corrected chi connectivity index (χ4v) is 2.76. The Balaban J connectivity index is 2.05. The molecule has 2 N–H and O–H groups in total. The number of hydrogen-bond donors (Lipinski definition) is 1. The molecule has 0 unspecified atom stereocenters. The van der Waals surface area contributed by atoms with Crippen molar-refractivity contribution >= 4 is 11.7 Å². The van der Waals surface area contributed by atoms with E-state index in [1.165, 1.54) is 0 Å². The van der Waals surface area contributed by atoms with Crippen LogP contribution in [0.2, 0.25) is 0 Å². The van der Waals surface area contributed by atoms with E-state index in [-0.39, 0.29) is 18.1 Å². The van der Waals surface area contributed by atoms with Gasteiger partial charge in [0.2, 0.25) is 5.91 Å². The summed E-state index contributed by atoms with van der Waals surface area (Å²) in [5, 5.41) is 0. The number of rotatable bonds is 2. The summed E-state index contributed by atoms with van der Waals surface area (Å²) in [5.41, 5.74) is 9.71. The van der Waals surface area contributed by atoms with Gasteiger partial charge in [0.1, 0.15) is 0 Å². The van der Waals surface area contributed by atoms with Crippen molar-refractivity contribution in [3.63, 3.8) is 0 Å². The largest absolute Gasteiger partial charge is 0.369 e. The van der Waals surface area contributed by atoms with Crippen molar-refractivity contribution in [2.24, 2.45) is 5.73 Å². The number of hydrogen-bond acceptors (Lipinski definition) is 2. The number of benzene rings is 2. The quantitative estimate of drug-likeness (QED) is 0.903. The molecule has 20 heavy (non-hydrogen) atoms. The van der Waals surface area contributed by atoms with Crippen molar-refractivity contribution in [3.8, 4) is 0 Å². The van der Waals surface area contributed by atoms with Gasteiger partial charge in [-0.2, -0.15) is 0 Å². The predicted octanol–water partition coefficient (Wildman–Crippen LogP) is 2.04. The molecule has 3 rings (SSSR count). The Kier molecular flexibility index (Phi) is 3.11. The smallest absolute Gasteiger partial charge is 0.221 e. The lowest BCUT2D eigenvalue weighted by Gasteiger charge is -2.07. The monoisotopic (exact) mass is 265 g/mol. The maximum Gasteiger partial charge on any atom is 0.221 e. The van der Waals surface area contributed by atoms with Crippen molar-refractivity contribution in [2.45, 2.75) is 19.3 Å². The minimum atomic E-state index is -0.354. The second-order valence-corrected chi connectivity index (χ2v) is 5.12. The molecule has 0 saturated carbocycles. The zero-order valence-corrected chi connectivity index (χ0v) is 11.1. The number of carbonyl (C=O) groups excluding carboxylic acids is 2. The van der Waals surface area contributed by atoms with Crippen LogP contribution in [0.1, 0.15) is 32.6 Å². The van der Waals surface area contributed by atoms with Crippen molar-refractivity contribution < 1.29 is 9.59 Å². The van der Waals surface area contributed by atoms with E-state index in [2.05, 4.69) is 0 Å². The number of nitrogens with two attached hydrogens (primary N) is 1. The highest BCUT2D eigenvalue weighted by Crippen LogP contribution is 2.25. The maximum absolute atomic E-state index is 12.6. The van der Waals surface area contributed by atoms with E-state index in [1.807, 2.05) is 42.5 Å². The first-order valence-corrected chi connectivity index (χ1v) is 6.68. The first-order valence-electron chi connectivity index (χ1n) is 6.68. The third-order valence-corrected chi connectivity index (χ3v) is 3.72. The van der Waals surface area contributed by atoms with E-state index in [1.54, 1.807) is 0 Å². The zero-order chi connectivity index (χ0) is 14.1. The Labute approximate surface area is 117 Å². The molecule has 3 nitrogen and oxygen atoms in total. The van der Waals surface area contributed by atoms with E-state index in [4.69, 9.17) is 5.73 Å². The molecule has 0 fully saturated rings. The normalized spacial score (nSPS) is 13.3. The molecule has 1 aliphatic carbocycles. The molecule has 1 amide bonds. The third-order valence-electron chi connectivity index (χ3n) is 3.72. The highest BCUT2D eigenvalue weighted by atomic mass is 16.1. The molecular formula is C17H15NO2. The Bertz CT molecular complexity index is 704. The van der Waals surface area contributed by atoms with Gasteiger partial charge in [-0.25, -0.2) is 0 Å². The molecule has 2 aromatic carbocycles. The van der Waals surface area contributed by atoms with Gasteiger partial charge in [-0.05, 0) is 29.5 Å². The van der Waals surface area contributed by atoms with Crippen molar-refractivity contribution in [1.82, 2.24) is 0 Å². The molecule has 0 atom stereocenters. The molecule has 0 saturated heterocycles. The molecule has 0 aromatic heterocycles. The number of ketones is 1. The number of fused-ring (bicyclic) bond motifs is 2. The number of amides is 1. The Morgan fingerprint density at radius 1 is 1.00 bits per heavy atom. The predicted molar refractivity (Wildman–Crippen MR) is 76.6 cm³/mol. The van der Waals surface area contributed by atoms with Crippen LogP contribution < -0.4 is 5.73 Å². The van der Waals surface area contributed by atoms with E-state index in [0.29, 0.717) is 0 Å². The van der Waals surface area contributed by atoms with Crippen LogP contribution in [0.4, 0.5) is 0 Å². The van der Waals surface area contributed by atoms with Crippen molar-refractivity contribution in [3.05, 3.63) is 70.3 Å².